The maximum Gasteiger partial charge on any atom is 0.328 e. The second kappa shape index (κ2) is 7.88. The fraction of sp³-hybridized carbons (Fsp3) is 0.700. The molecule has 0 saturated carbocycles. The van der Waals surface area contributed by atoms with E-state index in [1.54, 1.807) is 0 Å². The zero-order valence-electron chi connectivity index (χ0n) is 9.04. The summed E-state index contributed by atoms with van der Waals surface area (Å²) < 4.78 is 0. The van der Waals surface area contributed by atoms with Crippen LogP contribution in [0.2, 0.25) is 0 Å². The summed E-state index contributed by atoms with van der Waals surface area (Å²) in [6.45, 7) is 5.59. The highest BCUT2D eigenvalue weighted by molar-refractivity contribution is 7.98. The van der Waals surface area contributed by atoms with E-state index in [1.165, 1.54) is 6.08 Å². The highest BCUT2D eigenvalue weighted by Gasteiger charge is 2.00. The van der Waals surface area contributed by atoms with Gasteiger partial charge in [-0.2, -0.15) is 11.8 Å². The van der Waals surface area contributed by atoms with Crippen LogP contribution < -0.4 is 5.32 Å². The monoisotopic (exact) mass is 217 g/mol. The van der Waals surface area contributed by atoms with Gasteiger partial charge in [0.2, 0.25) is 0 Å². The molecule has 1 atom stereocenters. The van der Waals surface area contributed by atoms with Crippen LogP contribution in [0.4, 0.5) is 0 Å². The van der Waals surface area contributed by atoms with Crippen molar-refractivity contribution in [1.29, 1.82) is 0 Å². The van der Waals surface area contributed by atoms with E-state index < -0.39 is 5.97 Å². The van der Waals surface area contributed by atoms with E-state index in [9.17, 15) is 4.79 Å². The van der Waals surface area contributed by atoms with Crippen LogP contribution in [0.1, 0.15) is 13.8 Å². The Morgan fingerprint density at radius 3 is 2.79 bits per heavy atom. The Labute approximate surface area is 90.0 Å². The number of thioether (sulfide) groups is 1. The lowest BCUT2D eigenvalue weighted by Gasteiger charge is -2.10. The van der Waals surface area contributed by atoms with E-state index in [1.807, 2.05) is 18.7 Å². The number of carboxylic acid groups (broad SMARTS) is 1. The Morgan fingerprint density at radius 1 is 1.64 bits per heavy atom. The molecule has 0 aromatic carbocycles. The number of nitrogens with one attached hydrogen (secondary N) is 1. The quantitative estimate of drug-likeness (QED) is 0.636. The van der Waals surface area contributed by atoms with Gasteiger partial charge in [0, 0.05) is 12.6 Å². The number of carboxylic acids is 1. The van der Waals surface area contributed by atoms with Crippen molar-refractivity contribution < 1.29 is 9.90 Å². The van der Waals surface area contributed by atoms with Crippen LogP contribution in [-0.2, 0) is 4.79 Å². The van der Waals surface area contributed by atoms with Gasteiger partial charge in [-0.3, -0.25) is 0 Å². The lowest BCUT2D eigenvalue weighted by atomic mass is 10.2. The first-order valence-corrected chi connectivity index (χ1v) is 6.05. The van der Waals surface area contributed by atoms with Gasteiger partial charge in [-0.25, -0.2) is 4.79 Å². The number of aliphatic carboxylic acids is 1. The molecule has 3 nitrogen and oxygen atoms in total. The molecule has 0 aliphatic rings. The third-order valence-electron chi connectivity index (χ3n) is 1.72. The van der Waals surface area contributed by atoms with Crippen molar-refractivity contribution in [2.24, 2.45) is 5.92 Å². The molecule has 2 N–H and O–H groups in total. The summed E-state index contributed by atoms with van der Waals surface area (Å²) in [6.07, 6.45) is 3.33. The van der Waals surface area contributed by atoms with Crippen LogP contribution in [0.5, 0.6) is 0 Å². The van der Waals surface area contributed by atoms with E-state index in [4.69, 9.17) is 5.11 Å². The topological polar surface area (TPSA) is 49.3 Å². The fourth-order valence-corrected chi connectivity index (χ4v) is 1.81. The summed E-state index contributed by atoms with van der Waals surface area (Å²) in [5.74, 6) is 0.887. The number of carbonyl (C=O) groups is 1. The van der Waals surface area contributed by atoms with Gasteiger partial charge in [-0.05, 0) is 31.4 Å². The van der Waals surface area contributed by atoms with E-state index in [0.29, 0.717) is 12.5 Å². The second-order valence-corrected chi connectivity index (χ2v) is 4.43. The first-order chi connectivity index (χ1) is 6.56. The summed E-state index contributed by atoms with van der Waals surface area (Å²) in [7, 11) is 0. The van der Waals surface area contributed by atoms with Gasteiger partial charge in [0.25, 0.3) is 0 Å². The predicted octanol–water partition coefficient (Wildman–Crippen LogP) is 1.61. The van der Waals surface area contributed by atoms with Crippen molar-refractivity contribution in [3.63, 3.8) is 0 Å². The molecule has 0 heterocycles. The molecule has 0 rings (SSSR count). The Balaban J connectivity index is 3.58. The van der Waals surface area contributed by atoms with Gasteiger partial charge in [0.1, 0.15) is 0 Å². The van der Waals surface area contributed by atoms with Gasteiger partial charge in [-0.1, -0.05) is 12.5 Å². The van der Waals surface area contributed by atoms with Crippen molar-refractivity contribution in [2.45, 2.75) is 13.8 Å². The minimum Gasteiger partial charge on any atom is -0.478 e. The van der Waals surface area contributed by atoms with E-state index >= 15 is 0 Å². The Kier molecular flexibility index (Phi) is 7.61. The second-order valence-electron chi connectivity index (χ2n) is 3.52. The zero-order valence-corrected chi connectivity index (χ0v) is 9.86. The Hall–Kier alpha value is -0.480. The molecule has 0 aromatic rings. The van der Waals surface area contributed by atoms with E-state index in [0.717, 1.165) is 17.9 Å². The minimum atomic E-state index is -0.874. The standard InChI is InChI=1S/C10H19NO2S/c1-8(4-10(12)13)5-11-6-9(2)7-14-3/h4,9,11H,5-7H2,1-3H3,(H,12,13). The van der Waals surface area contributed by atoms with Gasteiger partial charge in [-0.15, -0.1) is 0 Å². The number of hydrogen-bond donors (Lipinski definition) is 2. The van der Waals surface area contributed by atoms with E-state index in [-0.39, 0.29) is 0 Å². The largest absolute Gasteiger partial charge is 0.478 e. The number of rotatable bonds is 7. The third kappa shape index (κ3) is 8.13. The lowest BCUT2D eigenvalue weighted by Crippen LogP contribution is -2.24. The predicted molar refractivity (Wildman–Crippen MR) is 61.8 cm³/mol. The SMILES string of the molecule is CSCC(C)CNCC(C)=CC(=O)O. The molecule has 0 spiro atoms. The zero-order chi connectivity index (χ0) is 11.0. The molecular formula is C10H19NO2S. The fourth-order valence-electron chi connectivity index (χ4n) is 1.12. The molecule has 0 aliphatic carbocycles. The molecule has 1 unspecified atom stereocenters. The van der Waals surface area contributed by atoms with Crippen LogP contribution in [0.3, 0.4) is 0 Å². The molecule has 0 aliphatic heterocycles. The molecule has 0 bridgehead atoms. The molecule has 0 saturated heterocycles. The lowest BCUT2D eigenvalue weighted by molar-refractivity contribution is -0.131. The Bertz CT molecular complexity index is 204. The van der Waals surface area contributed by atoms with Gasteiger partial charge >= 0.3 is 5.97 Å². The van der Waals surface area contributed by atoms with Crippen LogP contribution in [0.15, 0.2) is 11.6 Å². The van der Waals surface area contributed by atoms with Crippen LogP contribution in [-0.4, -0.2) is 36.2 Å². The van der Waals surface area contributed by atoms with Crippen molar-refractivity contribution in [3.05, 3.63) is 11.6 Å². The molecule has 82 valence electrons. The van der Waals surface area contributed by atoms with Crippen molar-refractivity contribution in [3.8, 4) is 0 Å². The molecule has 0 radical (unpaired) electrons. The van der Waals surface area contributed by atoms with Crippen LogP contribution >= 0.6 is 11.8 Å². The average Bonchev–Trinajstić information content (AvgIpc) is 2.02. The highest BCUT2D eigenvalue weighted by atomic mass is 32.2. The van der Waals surface area contributed by atoms with Crippen LogP contribution in [0.25, 0.3) is 0 Å². The van der Waals surface area contributed by atoms with Crippen molar-refractivity contribution in [1.82, 2.24) is 5.32 Å². The summed E-state index contributed by atoms with van der Waals surface area (Å²) in [6, 6.07) is 0. The molecule has 0 fully saturated rings. The van der Waals surface area contributed by atoms with Crippen molar-refractivity contribution >= 4 is 17.7 Å². The maximum atomic E-state index is 10.3. The van der Waals surface area contributed by atoms with E-state index in [2.05, 4.69) is 18.5 Å². The summed E-state index contributed by atoms with van der Waals surface area (Å²) in [4.78, 5) is 10.3. The first kappa shape index (κ1) is 13.5. The minimum absolute atomic E-state index is 0.627. The summed E-state index contributed by atoms with van der Waals surface area (Å²) >= 11 is 1.83. The van der Waals surface area contributed by atoms with Crippen molar-refractivity contribution in [2.75, 3.05) is 25.1 Å². The normalized spacial score (nSPS) is 14.1. The summed E-state index contributed by atoms with van der Waals surface area (Å²) in [5, 5.41) is 11.7. The third-order valence-corrected chi connectivity index (χ3v) is 2.62. The van der Waals surface area contributed by atoms with Gasteiger partial charge in [0.05, 0.1) is 0 Å². The molecule has 4 heteroatoms. The highest BCUT2D eigenvalue weighted by Crippen LogP contribution is 2.02. The molecule has 0 amide bonds. The Morgan fingerprint density at radius 2 is 2.29 bits per heavy atom. The molecular weight excluding hydrogens is 198 g/mol. The molecule has 14 heavy (non-hydrogen) atoms. The summed E-state index contributed by atoms with van der Waals surface area (Å²) in [5.41, 5.74) is 0.855. The van der Waals surface area contributed by atoms with Gasteiger partial charge < -0.3 is 10.4 Å². The molecule has 0 aromatic heterocycles. The van der Waals surface area contributed by atoms with Gasteiger partial charge in [0.15, 0.2) is 0 Å². The number of hydrogen-bond acceptors (Lipinski definition) is 3. The van der Waals surface area contributed by atoms with Crippen LogP contribution in [0, 0.1) is 5.92 Å². The smallest absolute Gasteiger partial charge is 0.328 e. The maximum absolute atomic E-state index is 10.3. The first-order valence-electron chi connectivity index (χ1n) is 4.66. The average molecular weight is 217 g/mol.